The molecule has 2 rings (SSSR count). The van der Waals surface area contributed by atoms with E-state index >= 15 is 0 Å². The summed E-state index contributed by atoms with van der Waals surface area (Å²) in [7, 11) is 2.23. The van der Waals surface area contributed by atoms with Crippen LogP contribution in [0.15, 0.2) is 24.3 Å². The summed E-state index contributed by atoms with van der Waals surface area (Å²) < 4.78 is 2.43. The van der Waals surface area contributed by atoms with E-state index in [0.717, 1.165) is 6.54 Å². The number of anilines is 1. The molecule has 0 atom stereocenters. The van der Waals surface area contributed by atoms with Gasteiger partial charge in [-0.2, -0.15) is 0 Å². The van der Waals surface area contributed by atoms with Crippen molar-refractivity contribution in [2.75, 3.05) is 25.0 Å². The zero-order valence-corrected chi connectivity index (χ0v) is 13.4. The van der Waals surface area contributed by atoms with Crippen LogP contribution in [-0.4, -0.2) is 30.5 Å². The van der Waals surface area contributed by atoms with E-state index in [4.69, 9.17) is 0 Å². The minimum Gasteiger partial charge on any atom is -0.268 e. The fourth-order valence-corrected chi connectivity index (χ4v) is 3.02. The van der Waals surface area contributed by atoms with Crippen molar-refractivity contribution in [2.45, 2.75) is 52.4 Å². The van der Waals surface area contributed by atoms with E-state index in [1.54, 1.807) is 0 Å². The summed E-state index contributed by atoms with van der Waals surface area (Å²) in [6, 6.07) is 8.75. The van der Waals surface area contributed by atoms with Crippen molar-refractivity contribution in [1.29, 1.82) is 0 Å². The Balaban J connectivity index is 2.29. The van der Waals surface area contributed by atoms with Gasteiger partial charge in [0, 0.05) is 6.92 Å². The second kappa shape index (κ2) is 7.47. The Kier molecular flexibility index (Phi) is 5.63. The maximum Gasteiger partial charge on any atom is 0.248 e. The quantitative estimate of drug-likeness (QED) is 0.695. The molecule has 0 radical (unpaired) electrons. The van der Waals surface area contributed by atoms with Gasteiger partial charge in [0.2, 0.25) is 5.84 Å². The number of hydrogen-bond acceptors (Lipinski definition) is 1. The normalized spacial score (nSPS) is 18.9. The van der Waals surface area contributed by atoms with Crippen LogP contribution in [0.25, 0.3) is 0 Å². The molecule has 2 heteroatoms. The third-order valence-corrected chi connectivity index (χ3v) is 4.47. The van der Waals surface area contributed by atoms with Gasteiger partial charge in [0.1, 0.15) is 5.69 Å². The summed E-state index contributed by atoms with van der Waals surface area (Å²) >= 11 is 0. The lowest BCUT2D eigenvalue weighted by atomic mass is 10.1. The Bertz CT molecular complexity index is 462. The highest BCUT2D eigenvalue weighted by Gasteiger charge is 2.21. The van der Waals surface area contributed by atoms with Crippen molar-refractivity contribution in [2.24, 2.45) is 0 Å². The highest BCUT2D eigenvalue weighted by atomic mass is 15.2. The fraction of sp³-hybridized carbons (Fsp3) is 0.611. The minimum atomic E-state index is 1.14. The number of rotatable bonds is 1. The van der Waals surface area contributed by atoms with Gasteiger partial charge < -0.3 is 0 Å². The number of para-hydroxylation sites is 1. The first-order valence-electron chi connectivity index (χ1n) is 8.08. The molecule has 0 unspecified atom stereocenters. The van der Waals surface area contributed by atoms with Gasteiger partial charge in [0.15, 0.2) is 0 Å². The molecule has 1 aromatic rings. The smallest absolute Gasteiger partial charge is 0.248 e. The maximum absolute atomic E-state index is 2.51. The first kappa shape index (κ1) is 15.1. The molecule has 0 N–H and O–H groups in total. The molecule has 1 aliphatic heterocycles. The largest absolute Gasteiger partial charge is 0.268 e. The highest BCUT2D eigenvalue weighted by molar-refractivity contribution is 5.93. The Hall–Kier alpha value is -1.31. The Labute approximate surface area is 124 Å². The van der Waals surface area contributed by atoms with Crippen molar-refractivity contribution in [3.8, 4) is 0 Å². The lowest BCUT2D eigenvalue weighted by Gasteiger charge is -2.20. The molecule has 2 nitrogen and oxygen atoms in total. The van der Waals surface area contributed by atoms with Crippen molar-refractivity contribution >= 4 is 11.5 Å². The minimum absolute atomic E-state index is 1.14. The van der Waals surface area contributed by atoms with Gasteiger partial charge in [-0.3, -0.25) is 4.58 Å². The van der Waals surface area contributed by atoms with E-state index in [9.17, 15) is 0 Å². The monoisotopic (exact) mass is 273 g/mol. The van der Waals surface area contributed by atoms with Gasteiger partial charge in [-0.25, -0.2) is 4.90 Å². The van der Waals surface area contributed by atoms with E-state index in [1.165, 1.54) is 62.2 Å². The van der Waals surface area contributed by atoms with Crippen molar-refractivity contribution in [3.05, 3.63) is 29.8 Å². The molecule has 0 bridgehead atoms. The van der Waals surface area contributed by atoms with Crippen LogP contribution in [0.2, 0.25) is 0 Å². The SMILES string of the molecule is CC1=[N+](C)CCCCCCCCN1c1ccccc1C. The molecular weight excluding hydrogens is 244 g/mol. The van der Waals surface area contributed by atoms with Crippen LogP contribution in [0.1, 0.15) is 51.0 Å². The van der Waals surface area contributed by atoms with Crippen LogP contribution in [0.3, 0.4) is 0 Å². The zero-order valence-electron chi connectivity index (χ0n) is 13.4. The van der Waals surface area contributed by atoms with Crippen LogP contribution in [0, 0.1) is 6.92 Å². The summed E-state index contributed by atoms with van der Waals surface area (Å²) in [4.78, 5) is 2.51. The molecule has 0 fully saturated rings. The van der Waals surface area contributed by atoms with Crippen LogP contribution in [0.4, 0.5) is 5.69 Å². The zero-order chi connectivity index (χ0) is 14.4. The average Bonchev–Trinajstić information content (AvgIpc) is 2.48. The van der Waals surface area contributed by atoms with Gasteiger partial charge in [-0.05, 0) is 44.2 Å². The lowest BCUT2D eigenvalue weighted by Crippen LogP contribution is -2.36. The van der Waals surface area contributed by atoms with Gasteiger partial charge in [0.25, 0.3) is 0 Å². The first-order valence-corrected chi connectivity index (χ1v) is 8.08. The van der Waals surface area contributed by atoms with Crippen LogP contribution < -0.4 is 4.90 Å². The summed E-state index contributed by atoms with van der Waals surface area (Å²) in [5.74, 6) is 1.39. The Morgan fingerprint density at radius 3 is 2.30 bits per heavy atom. The fourth-order valence-electron chi connectivity index (χ4n) is 3.02. The molecule has 1 heterocycles. The van der Waals surface area contributed by atoms with E-state index < -0.39 is 0 Å². The molecule has 1 aliphatic rings. The van der Waals surface area contributed by atoms with Gasteiger partial charge in [-0.1, -0.05) is 31.0 Å². The summed E-state index contributed by atoms with van der Waals surface area (Å²) in [5.41, 5.74) is 2.74. The number of benzene rings is 1. The number of hydrogen-bond donors (Lipinski definition) is 0. The summed E-state index contributed by atoms with van der Waals surface area (Å²) in [5, 5.41) is 0. The molecule has 0 amide bonds. The summed E-state index contributed by atoms with van der Waals surface area (Å²) in [6.45, 7) is 6.80. The van der Waals surface area contributed by atoms with Gasteiger partial charge in [0.05, 0.1) is 20.1 Å². The molecular formula is C18H29N2+. The number of nitrogens with zero attached hydrogens (tertiary/aromatic N) is 2. The lowest BCUT2D eigenvalue weighted by molar-refractivity contribution is -0.499. The second-order valence-corrected chi connectivity index (χ2v) is 6.03. The van der Waals surface area contributed by atoms with Gasteiger partial charge in [-0.15, -0.1) is 0 Å². The predicted octanol–water partition coefficient (Wildman–Crippen LogP) is 4.22. The van der Waals surface area contributed by atoms with E-state index in [-0.39, 0.29) is 0 Å². The van der Waals surface area contributed by atoms with Crippen LogP contribution in [-0.2, 0) is 0 Å². The average molecular weight is 273 g/mol. The van der Waals surface area contributed by atoms with E-state index in [0.29, 0.717) is 0 Å². The van der Waals surface area contributed by atoms with Gasteiger partial charge >= 0.3 is 0 Å². The maximum atomic E-state index is 2.51. The van der Waals surface area contributed by atoms with Crippen molar-refractivity contribution in [1.82, 2.24) is 0 Å². The Morgan fingerprint density at radius 2 is 1.55 bits per heavy atom. The predicted molar refractivity (Wildman–Crippen MR) is 88.0 cm³/mol. The van der Waals surface area contributed by atoms with Crippen LogP contribution >= 0.6 is 0 Å². The molecule has 110 valence electrons. The molecule has 0 spiro atoms. The first-order chi connectivity index (χ1) is 9.70. The standard InChI is InChI=1S/C18H29N2/c1-16-12-8-9-13-18(16)20-15-11-7-5-4-6-10-14-19(3)17(20)2/h8-9,12-13H,4-7,10-11,14-15H2,1-3H3/q+1. The van der Waals surface area contributed by atoms with Crippen LogP contribution in [0.5, 0.6) is 0 Å². The molecule has 20 heavy (non-hydrogen) atoms. The molecule has 0 aromatic heterocycles. The Morgan fingerprint density at radius 1 is 0.900 bits per heavy atom. The van der Waals surface area contributed by atoms with Crippen molar-refractivity contribution in [3.63, 3.8) is 0 Å². The third-order valence-electron chi connectivity index (χ3n) is 4.47. The highest BCUT2D eigenvalue weighted by Crippen LogP contribution is 2.21. The number of amidine groups is 1. The molecule has 0 saturated carbocycles. The molecule has 0 saturated heterocycles. The number of aryl methyl sites for hydroxylation is 1. The topological polar surface area (TPSA) is 6.25 Å². The molecule has 0 aliphatic carbocycles. The van der Waals surface area contributed by atoms with Crippen molar-refractivity contribution < 1.29 is 4.58 Å². The third kappa shape index (κ3) is 3.84. The summed E-state index contributed by atoms with van der Waals surface area (Å²) in [6.07, 6.45) is 8.14. The van der Waals surface area contributed by atoms with E-state index in [1.807, 2.05) is 0 Å². The van der Waals surface area contributed by atoms with E-state index in [2.05, 4.69) is 54.6 Å². The second-order valence-electron chi connectivity index (χ2n) is 6.03. The molecule has 1 aromatic carbocycles.